The number of nitrogens with zero attached hydrogens (tertiary/aromatic N) is 1. The lowest BCUT2D eigenvalue weighted by Crippen LogP contribution is -2.44. The van der Waals surface area contributed by atoms with Crippen molar-refractivity contribution in [3.05, 3.63) is 59.3 Å². The number of benzene rings is 2. The first-order valence-corrected chi connectivity index (χ1v) is 10.1. The fourth-order valence-corrected chi connectivity index (χ4v) is 4.28. The summed E-state index contributed by atoms with van der Waals surface area (Å²) in [5.41, 5.74) is 5.12. The predicted molar refractivity (Wildman–Crippen MR) is 113 cm³/mol. The summed E-state index contributed by atoms with van der Waals surface area (Å²) < 4.78 is 5.29. The molecule has 5 rings (SSSR count). The molecule has 2 N–H and O–H groups in total. The Hall–Kier alpha value is -3.61. The van der Waals surface area contributed by atoms with Crippen molar-refractivity contribution in [1.82, 2.24) is 4.98 Å². The molecule has 0 saturated heterocycles. The summed E-state index contributed by atoms with van der Waals surface area (Å²) >= 11 is 0. The van der Waals surface area contributed by atoms with Gasteiger partial charge < -0.3 is 15.0 Å². The number of para-hydroxylation sites is 2. The zero-order valence-corrected chi connectivity index (χ0v) is 16.4. The van der Waals surface area contributed by atoms with E-state index < -0.39 is 18.5 Å². The molecule has 1 aromatic heterocycles. The smallest absolute Gasteiger partial charge is 0.338 e. The zero-order chi connectivity index (χ0) is 20.7. The Labute approximate surface area is 173 Å². The Morgan fingerprint density at radius 2 is 1.90 bits per heavy atom. The fraction of sp³-hybridized carbons (Fsp3) is 0.261. The standard InChI is InChI=1S/C23H21N3O4/c27-21-12-26(20-8-4-3-7-19(20)25-21)22(28)13-30-23(29)14-9-10-18-16(11-14)15-5-1-2-6-17(15)24-18/h3-4,7-11,24H,1-2,5-6,12-13H2,(H,25,27). The molecule has 2 aliphatic rings. The highest BCUT2D eigenvalue weighted by Crippen LogP contribution is 2.30. The van der Waals surface area contributed by atoms with Crippen molar-refractivity contribution in [3.63, 3.8) is 0 Å². The molecule has 7 heteroatoms. The summed E-state index contributed by atoms with van der Waals surface area (Å²) in [5, 5.41) is 3.78. The van der Waals surface area contributed by atoms with Gasteiger partial charge in [0.2, 0.25) is 5.91 Å². The van der Waals surface area contributed by atoms with Crippen LogP contribution in [-0.4, -0.2) is 35.9 Å². The number of aromatic nitrogens is 1. The van der Waals surface area contributed by atoms with Crippen molar-refractivity contribution in [2.45, 2.75) is 25.7 Å². The summed E-state index contributed by atoms with van der Waals surface area (Å²) in [7, 11) is 0. The molecule has 0 bridgehead atoms. The summed E-state index contributed by atoms with van der Waals surface area (Å²) in [6.07, 6.45) is 4.36. The molecule has 0 atom stereocenters. The summed E-state index contributed by atoms with van der Waals surface area (Å²) in [6.45, 7) is -0.529. The molecule has 0 fully saturated rings. The Balaban J connectivity index is 1.32. The third-order valence-corrected chi connectivity index (χ3v) is 5.73. The van der Waals surface area contributed by atoms with Crippen molar-refractivity contribution in [1.29, 1.82) is 0 Å². The molecule has 2 amide bonds. The number of H-pyrrole nitrogens is 1. The van der Waals surface area contributed by atoms with Crippen LogP contribution < -0.4 is 10.2 Å². The minimum atomic E-state index is -0.550. The molecule has 7 nitrogen and oxygen atoms in total. The quantitative estimate of drug-likeness (QED) is 0.657. The van der Waals surface area contributed by atoms with Crippen LogP contribution >= 0.6 is 0 Å². The van der Waals surface area contributed by atoms with Gasteiger partial charge in [0.05, 0.1) is 16.9 Å². The molecule has 1 aliphatic carbocycles. The Morgan fingerprint density at radius 1 is 1.07 bits per heavy atom. The maximum Gasteiger partial charge on any atom is 0.338 e. The van der Waals surface area contributed by atoms with E-state index in [1.807, 2.05) is 12.1 Å². The van der Waals surface area contributed by atoms with Crippen molar-refractivity contribution >= 4 is 40.1 Å². The topological polar surface area (TPSA) is 91.5 Å². The first-order chi connectivity index (χ1) is 14.6. The molecule has 2 aromatic carbocycles. The Bertz CT molecular complexity index is 1180. The largest absolute Gasteiger partial charge is 0.452 e. The maximum absolute atomic E-state index is 12.7. The van der Waals surface area contributed by atoms with E-state index in [0.717, 1.165) is 30.2 Å². The lowest BCUT2D eigenvalue weighted by atomic mass is 9.95. The number of hydrogen-bond acceptors (Lipinski definition) is 4. The first-order valence-electron chi connectivity index (χ1n) is 10.1. The van der Waals surface area contributed by atoms with Gasteiger partial charge in [0.25, 0.3) is 5.91 Å². The van der Waals surface area contributed by atoms with Gasteiger partial charge in [0.1, 0.15) is 6.54 Å². The second-order valence-electron chi connectivity index (χ2n) is 7.67. The lowest BCUT2D eigenvalue weighted by molar-refractivity contribution is -0.124. The molecule has 3 aromatic rings. The number of rotatable bonds is 3. The number of aryl methyl sites for hydroxylation is 2. The van der Waals surface area contributed by atoms with E-state index in [-0.39, 0.29) is 12.5 Å². The SMILES string of the molecule is O=C1CN(C(=O)COC(=O)c2ccc3[nH]c4c(c3c2)CCCC4)c2ccccc2N1. The number of ether oxygens (including phenoxy) is 1. The van der Waals surface area contributed by atoms with Crippen LogP contribution in [0.1, 0.15) is 34.5 Å². The Morgan fingerprint density at radius 3 is 2.80 bits per heavy atom. The third kappa shape index (κ3) is 3.22. The second kappa shape index (κ2) is 7.33. The van der Waals surface area contributed by atoms with Gasteiger partial charge in [-0.1, -0.05) is 12.1 Å². The fourth-order valence-electron chi connectivity index (χ4n) is 4.28. The monoisotopic (exact) mass is 403 g/mol. The van der Waals surface area contributed by atoms with Crippen molar-refractivity contribution in [2.24, 2.45) is 0 Å². The highest BCUT2D eigenvalue weighted by Gasteiger charge is 2.27. The molecule has 1 aliphatic heterocycles. The first kappa shape index (κ1) is 18.4. The highest BCUT2D eigenvalue weighted by atomic mass is 16.5. The molecule has 2 heterocycles. The molecule has 30 heavy (non-hydrogen) atoms. The van der Waals surface area contributed by atoms with Crippen LogP contribution in [0.2, 0.25) is 0 Å². The van der Waals surface area contributed by atoms with Crippen molar-refractivity contribution < 1.29 is 19.1 Å². The minimum Gasteiger partial charge on any atom is -0.452 e. The normalized spacial score (nSPS) is 15.3. The van der Waals surface area contributed by atoms with Crippen LogP contribution in [0.25, 0.3) is 10.9 Å². The number of esters is 1. The predicted octanol–water partition coefficient (Wildman–Crippen LogP) is 3.19. The van der Waals surface area contributed by atoms with E-state index in [1.54, 1.807) is 30.3 Å². The molecule has 0 unspecified atom stereocenters. The number of fused-ring (bicyclic) bond motifs is 4. The third-order valence-electron chi connectivity index (χ3n) is 5.73. The van der Waals surface area contributed by atoms with Gasteiger partial charge in [0.15, 0.2) is 6.61 Å². The number of amides is 2. The molecule has 0 spiro atoms. The van der Waals surface area contributed by atoms with Crippen LogP contribution in [0, 0.1) is 0 Å². The summed E-state index contributed by atoms with van der Waals surface area (Å²) in [4.78, 5) is 41.9. The highest BCUT2D eigenvalue weighted by molar-refractivity contribution is 6.10. The number of carbonyl (C=O) groups is 3. The minimum absolute atomic E-state index is 0.102. The lowest BCUT2D eigenvalue weighted by Gasteiger charge is -2.28. The zero-order valence-electron chi connectivity index (χ0n) is 16.4. The van der Waals surface area contributed by atoms with E-state index >= 15 is 0 Å². The number of nitrogens with one attached hydrogen (secondary N) is 2. The summed E-state index contributed by atoms with van der Waals surface area (Å²) in [6, 6.07) is 12.5. The van der Waals surface area contributed by atoms with Crippen molar-refractivity contribution in [3.8, 4) is 0 Å². The maximum atomic E-state index is 12.7. The summed E-state index contributed by atoms with van der Waals surface area (Å²) in [5.74, 6) is -1.27. The van der Waals surface area contributed by atoms with Gasteiger partial charge in [-0.15, -0.1) is 0 Å². The molecule has 0 saturated carbocycles. The van der Waals surface area contributed by atoms with Crippen LogP contribution in [0.5, 0.6) is 0 Å². The molecule has 152 valence electrons. The van der Waals surface area contributed by atoms with Gasteiger partial charge in [-0.25, -0.2) is 4.79 Å². The molecular formula is C23H21N3O4. The van der Waals surface area contributed by atoms with Crippen LogP contribution in [-0.2, 0) is 27.2 Å². The van der Waals surface area contributed by atoms with Gasteiger partial charge in [0, 0.05) is 16.6 Å². The van der Waals surface area contributed by atoms with Gasteiger partial charge >= 0.3 is 5.97 Å². The second-order valence-corrected chi connectivity index (χ2v) is 7.67. The van der Waals surface area contributed by atoms with Gasteiger partial charge in [-0.2, -0.15) is 0 Å². The average Bonchev–Trinajstić information content (AvgIpc) is 3.14. The number of aromatic amines is 1. The average molecular weight is 403 g/mol. The molecule has 0 radical (unpaired) electrons. The van der Waals surface area contributed by atoms with E-state index in [9.17, 15) is 14.4 Å². The number of carbonyl (C=O) groups excluding carboxylic acids is 3. The van der Waals surface area contributed by atoms with E-state index in [1.165, 1.54) is 22.6 Å². The van der Waals surface area contributed by atoms with Crippen LogP contribution in [0.4, 0.5) is 11.4 Å². The van der Waals surface area contributed by atoms with Crippen LogP contribution in [0.15, 0.2) is 42.5 Å². The van der Waals surface area contributed by atoms with Crippen molar-refractivity contribution in [2.75, 3.05) is 23.4 Å². The van der Waals surface area contributed by atoms with Crippen LogP contribution in [0.3, 0.4) is 0 Å². The van der Waals surface area contributed by atoms with E-state index in [4.69, 9.17) is 4.74 Å². The number of hydrogen-bond donors (Lipinski definition) is 2. The Kier molecular flexibility index (Phi) is 4.50. The van der Waals surface area contributed by atoms with E-state index in [2.05, 4.69) is 10.3 Å². The van der Waals surface area contributed by atoms with E-state index in [0.29, 0.717) is 16.9 Å². The van der Waals surface area contributed by atoms with Gasteiger partial charge in [-0.3, -0.25) is 14.5 Å². The molecular weight excluding hydrogens is 382 g/mol. The van der Waals surface area contributed by atoms with Gasteiger partial charge in [-0.05, 0) is 61.6 Å². The number of anilines is 2.